The van der Waals surface area contributed by atoms with Crippen LogP contribution in [0, 0.1) is 20.8 Å². The largest absolute Gasteiger partial charge is 0.436 e. The van der Waals surface area contributed by atoms with Crippen LogP contribution in [0.5, 0.6) is 11.6 Å². The third kappa shape index (κ3) is 4.20. The summed E-state index contributed by atoms with van der Waals surface area (Å²) in [5.74, 6) is 1.73. The Morgan fingerprint density at radius 3 is 2.38 bits per heavy atom. The topological polar surface area (TPSA) is 64.9 Å². The molecule has 3 aromatic heterocycles. The summed E-state index contributed by atoms with van der Waals surface area (Å²) in [5, 5.41) is 3.91. The van der Waals surface area contributed by atoms with Gasteiger partial charge in [-0.15, -0.1) is 0 Å². The summed E-state index contributed by atoms with van der Waals surface area (Å²) in [5.41, 5.74) is 7.66. The number of benzene rings is 2. The molecule has 0 saturated carbocycles. The first kappa shape index (κ1) is 21.9. The number of hydrogen-bond acceptors (Lipinski definition) is 5. The molecule has 0 spiro atoms. The molecule has 0 bridgehead atoms. The fourth-order valence-corrected chi connectivity index (χ4v) is 4.25. The number of aryl methyl sites for hydroxylation is 4. The summed E-state index contributed by atoms with van der Waals surface area (Å²) in [4.78, 5) is 13.5. The molecule has 0 unspecified atom stereocenters. The Kier molecular flexibility index (Phi) is 5.67. The van der Waals surface area contributed by atoms with Crippen molar-refractivity contribution in [1.29, 1.82) is 0 Å². The van der Waals surface area contributed by atoms with Crippen LogP contribution in [0.1, 0.15) is 16.7 Å². The van der Waals surface area contributed by atoms with Crippen LogP contribution in [0.2, 0.25) is 5.02 Å². The first-order chi connectivity index (χ1) is 16.4. The maximum absolute atomic E-state index is 6.45. The normalized spacial score (nSPS) is 11.1. The quantitative estimate of drug-likeness (QED) is 0.296. The second-order valence-electron chi connectivity index (χ2n) is 8.40. The van der Waals surface area contributed by atoms with Crippen molar-refractivity contribution >= 4 is 34.3 Å². The van der Waals surface area contributed by atoms with Crippen molar-refractivity contribution in [2.75, 3.05) is 5.32 Å². The highest BCUT2D eigenvalue weighted by molar-refractivity contribution is 6.33. The van der Waals surface area contributed by atoms with Gasteiger partial charge in [0, 0.05) is 36.9 Å². The monoisotopic (exact) mass is 469 g/mol. The van der Waals surface area contributed by atoms with Crippen LogP contribution in [0.15, 0.2) is 67.1 Å². The summed E-state index contributed by atoms with van der Waals surface area (Å²) in [7, 11) is 1.96. The Bertz CT molecular complexity index is 1490. The van der Waals surface area contributed by atoms with E-state index in [4.69, 9.17) is 21.3 Å². The Hall–Kier alpha value is -3.90. The molecule has 5 aromatic rings. The molecule has 0 aliphatic rings. The van der Waals surface area contributed by atoms with Gasteiger partial charge >= 0.3 is 0 Å². The number of anilines is 2. The number of nitrogens with one attached hydrogen (secondary N) is 1. The average molecular weight is 470 g/mol. The van der Waals surface area contributed by atoms with E-state index in [0.717, 1.165) is 44.7 Å². The van der Waals surface area contributed by atoms with Gasteiger partial charge < -0.3 is 14.6 Å². The third-order valence-corrected chi connectivity index (χ3v) is 6.04. The molecule has 0 saturated heterocycles. The van der Waals surface area contributed by atoms with Gasteiger partial charge in [-0.25, -0.2) is 4.98 Å². The van der Waals surface area contributed by atoms with Crippen LogP contribution in [0.3, 0.4) is 0 Å². The maximum atomic E-state index is 6.45. The SMILES string of the molecule is Cc1ccc(Nc2nc(Oc3c(C)cc(-c4ccncc4Cl)cc3C)c3c(ccn3C)n2)cc1. The van der Waals surface area contributed by atoms with Gasteiger partial charge in [-0.3, -0.25) is 4.98 Å². The molecule has 0 fully saturated rings. The zero-order chi connectivity index (χ0) is 23.8. The first-order valence-electron chi connectivity index (χ1n) is 10.9. The van der Waals surface area contributed by atoms with E-state index in [1.54, 1.807) is 12.4 Å². The zero-order valence-electron chi connectivity index (χ0n) is 19.4. The minimum absolute atomic E-state index is 0.480. The third-order valence-electron chi connectivity index (χ3n) is 5.74. The standard InChI is InChI=1S/C27H24ClN5O/c1-16-5-7-20(8-6-16)30-27-31-23-10-12-33(4)24(23)26(32-27)34-25-17(2)13-19(14-18(25)3)21-9-11-29-15-22(21)28/h5-15H,1-4H3,(H,30,31,32). The van der Waals surface area contributed by atoms with Gasteiger partial charge in [-0.05, 0) is 73.9 Å². The summed E-state index contributed by atoms with van der Waals surface area (Å²) in [6.07, 6.45) is 5.35. The van der Waals surface area contributed by atoms with Crippen LogP contribution < -0.4 is 10.1 Å². The van der Waals surface area contributed by atoms with Gasteiger partial charge in [0.2, 0.25) is 11.8 Å². The van der Waals surface area contributed by atoms with E-state index >= 15 is 0 Å². The number of halogens is 1. The second-order valence-corrected chi connectivity index (χ2v) is 8.81. The van der Waals surface area contributed by atoms with Crippen molar-refractivity contribution in [3.05, 3.63) is 88.8 Å². The highest BCUT2D eigenvalue weighted by Gasteiger charge is 2.17. The van der Waals surface area contributed by atoms with E-state index in [1.807, 2.05) is 68.1 Å². The highest BCUT2D eigenvalue weighted by Crippen LogP contribution is 2.37. The molecule has 5 rings (SSSR count). The summed E-state index contributed by atoms with van der Waals surface area (Å²) < 4.78 is 8.42. The van der Waals surface area contributed by atoms with Gasteiger partial charge in [0.15, 0.2) is 0 Å². The number of pyridine rings is 1. The van der Waals surface area contributed by atoms with E-state index in [2.05, 4.69) is 34.3 Å². The number of ether oxygens (including phenoxy) is 1. The molecule has 0 aliphatic carbocycles. The minimum Gasteiger partial charge on any atom is -0.436 e. The van der Waals surface area contributed by atoms with Crippen molar-refractivity contribution in [3.8, 4) is 22.8 Å². The Labute approximate surface area is 203 Å². The van der Waals surface area contributed by atoms with Gasteiger partial charge in [-0.2, -0.15) is 4.98 Å². The van der Waals surface area contributed by atoms with E-state index in [9.17, 15) is 0 Å². The lowest BCUT2D eigenvalue weighted by Gasteiger charge is -2.16. The van der Waals surface area contributed by atoms with Crippen molar-refractivity contribution < 1.29 is 4.74 Å². The van der Waals surface area contributed by atoms with Crippen LogP contribution >= 0.6 is 11.6 Å². The molecule has 1 N–H and O–H groups in total. The van der Waals surface area contributed by atoms with Gasteiger partial charge in [0.05, 0.1) is 10.5 Å². The fourth-order valence-electron chi connectivity index (χ4n) is 4.02. The summed E-state index contributed by atoms with van der Waals surface area (Å²) in [6, 6.07) is 16.1. The lowest BCUT2D eigenvalue weighted by molar-refractivity contribution is 0.459. The number of fused-ring (bicyclic) bond motifs is 1. The Balaban J connectivity index is 1.55. The Morgan fingerprint density at radius 1 is 0.941 bits per heavy atom. The van der Waals surface area contributed by atoms with Crippen molar-refractivity contribution in [2.24, 2.45) is 7.05 Å². The molecule has 6 nitrogen and oxygen atoms in total. The predicted molar refractivity (Wildman–Crippen MR) is 137 cm³/mol. The molecule has 7 heteroatoms. The van der Waals surface area contributed by atoms with E-state index in [1.165, 1.54) is 5.56 Å². The van der Waals surface area contributed by atoms with E-state index < -0.39 is 0 Å². The highest BCUT2D eigenvalue weighted by atomic mass is 35.5. The smallest absolute Gasteiger partial charge is 0.249 e. The molecule has 0 radical (unpaired) electrons. The molecule has 3 heterocycles. The van der Waals surface area contributed by atoms with Gasteiger partial charge in [-0.1, -0.05) is 29.3 Å². The molecule has 0 aliphatic heterocycles. The van der Waals surface area contributed by atoms with Crippen molar-refractivity contribution in [1.82, 2.24) is 19.5 Å². The molecule has 0 atom stereocenters. The number of aromatic nitrogens is 4. The van der Waals surface area contributed by atoms with Crippen LogP contribution in [-0.4, -0.2) is 19.5 Å². The number of hydrogen-bond donors (Lipinski definition) is 1. The van der Waals surface area contributed by atoms with E-state index in [0.29, 0.717) is 16.9 Å². The average Bonchev–Trinajstić information content (AvgIpc) is 3.18. The zero-order valence-corrected chi connectivity index (χ0v) is 20.2. The lowest BCUT2D eigenvalue weighted by atomic mass is 10.0. The van der Waals surface area contributed by atoms with Gasteiger partial charge in [0.1, 0.15) is 11.3 Å². The van der Waals surface area contributed by atoms with Crippen molar-refractivity contribution in [3.63, 3.8) is 0 Å². The Morgan fingerprint density at radius 2 is 1.68 bits per heavy atom. The summed E-state index contributed by atoms with van der Waals surface area (Å²) >= 11 is 6.38. The molecule has 34 heavy (non-hydrogen) atoms. The minimum atomic E-state index is 0.480. The van der Waals surface area contributed by atoms with Crippen molar-refractivity contribution in [2.45, 2.75) is 20.8 Å². The van der Waals surface area contributed by atoms with E-state index in [-0.39, 0.29) is 0 Å². The molecule has 0 amide bonds. The predicted octanol–water partition coefficient (Wildman–Crippen LogP) is 7.14. The molecule has 2 aromatic carbocycles. The maximum Gasteiger partial charge on any atom is 0.249 e. The molecule has 170 valence electrons. The van der Waals surface area contributed by atoms with Crippen LogP contribution in [-0.2, 0) is 7.05 Å². The van der Waals surface area contributed by atoms with Crippen LogP contribution in [0.4, 0.5) is 11.6 Å². The summed E-state index contributed by atoms with van der Waals surface area (Å²) in [6.45, 7) is 6.10. The fraction of sp³-hybridized carbons (Fsp3) is 0.148. The number of nitrogens with zero attached hydrogens (tertiary/aromatic N) is 4. The molecular weight excluding hydrogens is 446 g/mol. The lowest BCUT2D eigenvalue weighted by Crippen LogP contribution is -2.02. The van der Waals surface area contributed by atoms with Gasteiger partial charge in [0.25, 0.3) is 0 Å². The molecular formula is C27H24ClN5O. The second kappa shape index (κ2) is 8.80. The van der Waals surface area contributed by atoms with Crippen LogP contribution in [0.25, 0.3) is 22.2 Å². The number of rotatable bonds is 5. The first-order valence-corrected chi connectivity index (χ1v) is 11.3.